The van der Waals surface area contributed by atoms with E-state index in [1.165, 1.54) is 22.7 Å². The molecule has 0 unspecified atom stereocenters. The fourth-order valence-corrected chi connectivity index (χ4v) is 3.83. The number of benzene rings is 1. The molecule has 2 aromatic rings. The third-order valence-corrected chi connectivity index (χ3v) is 5.47. The van der Waals surface area contributed by atoms with E-state index in [9.17, 15) is 0 Å². The first-order valence-corrected chi connectivity index (χ1v) is 10.1. The maximum absolute atomic E-state index is 4.60. The quantitative estimate of drug-likeness (QED) is 0.389. The SMILES string of the molecule is CCc1nsc(N2CCN(C(=NC)NCCc3ccc(C)cc3)CC2)n1.I. The Bertz CT molecular complexity index is 722. The minimum absolute atomic E-state index is 0. The molecule has 0 aliphatic carbocycles. The van der Waals surface area contributed by atoms with Crippen LogP contribution in [0.3, 0.4) is 0 Å². The normalized spacial score (nSPS) is 14.9. The van der Waals surface area contributed by atoms with Crippen molar-refractivity contribution in [2.45, 2.75) is 26.7 Å². The van der Waals surface area contributed by atoms with E-state index in [1.807, 2.05) is 7.05 Å². The number of piperazine rings is 1. The van der Waals surface area contributed by atoms with E-state index in [4.69, 9.17) is 0 Å². The minimum atomic E-state index is 0. The van der Waals surface area contributed by atoms with Gasteiger partial charge in [-0.05, 0) is 18.9 Å². The molecule has 0 bridgehead atoms. The number of aliphatic imine (C=N–C) groups is 1. The van der Waals surface area contributed by atoms with E-state index < -0.39 is 0 Å². The highest BCUT2D eigenvalue weighted by molar-refractivity contribution is 14.0. The Balaban J connectivity index is 0.00000261. The molecule has 3 rings (SSSR count). The first kappa shape index (κ1) is 21.9. The Morgan fingerprint density at radius 2 is 1.89 bits per heavy atom. The third kappa shape index (κ3) is 6.03. The molecule has 27 heavy (non-hydrogen) atoms. The first-order chi connectivity index (χ1) is 12.7. The predicted octanol–water partition coefficient (Wildman–Crippen LogP) is 2.97. The van der Waals surface area contributed by atoms with Gasteiger partial charge in [-0.25, -0.2) is 4.98 Å². The van der Waals surface area contributed by atoms with Crippen LogP contribution in [0.5, 0.6) is 0 Å². The second-order valence-corrected chi connectivity index (χ2v) is 7.26. The van der Waals surface area contributed by atoms with E-state index in [1.54, 1.807) is 0 Å². The number of aromatic nitrogens is 2. The maximum atomic E-state index is 4.60. The summed E-state index contributed by atoms with van der Waals surface area (Å²) >= 11 is 1.51. The molecule has 6 nitrogen and oxygen atoms in total. The molecule has 1 aromatic heterocycles. The molecule has 8 heteroatoms. The van der Waals surface area contributed by atoms with Gasteiger partial charge >= 0.3 is 0 Å². The van der Waals surface area contributed by atoms with E-state index in [0.29, 0.717) is 0 Å². The van der Waals surface area contributed by atoms with Gasteiger partial charge in [0.05, 0.1) is 0 Å². The molecule has 1 aromatic carbocycles. The summed E-state index contributed by atoms with van der Waals surface area (Å²) in [7, 11) is 1.86. The monoisotopic (exact) mass is 500 g/mol. The highest BCUT2D eigenvalue weighted by Gasteiger charge is 2.21. The van der Waals surface area contributed by atoms with Crippen molar-refractivity contribution in [3.05, 3.63) is 41.2 Å². The number of halogens is 1. The average molecular weight is 500 g/mol. The van der Waals surface area contributed by atoms with Gasteiger partial charge in [-0.3, -0.25) is 4.99 Å². The highest BCUT2D eigenvalue weighted by atomic mass is 127. The summed E-state index contributed by atoms with van der Waals surface area (Å²) < 4.78 is 4.39. The molecular weight excluding hydrogens is 471 g/mol. The maximum Gasteiger partial charge on any atom is 0.205 e. The van der Waals surface area contributed by atoms with Crippen LogP contribution >= 0.6 is 35.5 Å². The number of guanidine groups is 1. The van der Waals surface area contributed by atoms with Crippen LogP contribution in [0.15, 0.2) is 29.3 Å². The smallest absolute Gasteiger partial charge is 0.205 e. The molecule has 1 aliphatic rings. The lowest BCUT2D eigenvalue weighted by atomic mass is 10.1. The lowest BCUT2D eigenvalue weighted by molar-refractivity contribution is 0.372. The number of nitrogens with one attached hydrogen (secondary N) is 1. The van der Waals surface area contributed by atoms with Crippen molar-refractivity contribution in [3.8, 4) is 0 Å². The standard InChI is InChI=1S/C19H28N6S.HI/c1-4-17-22-19(26-23-17)25-13-11-24(12-14-25)18(20-3)21-10-9-16-7-5-15(2)6-8-16;/h5-8H,4,9-14H2,1-3H3,(H,20,21);1H. The molecule has 2 heterocycles. The number of rotatable bonds is 5. The fraction of sp³-hybridized carbons (Fsp3) is 0.526. The Morgan fingerprint density at radius 3 is 2.48 bits per heavy atom. The molecule has 1 N–H and O–H groups in total. The Labute approximate surface area is 183 Å². The van der Waals surface area contributed by atoms with Crippen molar-refractivity contribution in [2.24, 2.45) is 4.99 Å². The van der Waals surface area contributed by atoms with Crippen molar-refractivity contribution in [2.75, 3.05) is 44.7 Å². The lowest BCUT2D eigenvalue weighted by Gasteiger charge is -2.36. The van der Waals surface area contributed by atoms with E-state index in [-0.39, 0.29) is 24.0 Å². The topological polar surface area (TPSA) is 56.7 Å². The van der Waals surface area contributed by atoms with Gasteiger partial charge in [0.1, 0.15) is 5.82 Å². The van der Waals surface area contributed by atoms with Crippen molar-refractivity contribution in [1.82, 2.24) is 19.6 Å². The van der Waals surface area contributed by atoms with Crippen molar-refractivity contribution in [1.29, 1.82) is 0 Å². The molecule has 1 aliphatic heterocycles. The van der Waals surface area contributed by atoms with E-state index in [2.05, 4.69) is 67.6 Å². The van der Waals surface area contributed by atoms with Crippen molar-refractivity contribution >= 4 is 46.6 Å². The summed E-state index contributed by atoms with van der Waals surface area (Å²) in [4.78, 5) is 13.7. The molecular formula is C19H29IN6S. The second-order valence-electron chi connectivity index (χ2n) is 6.53. The van der Waals surface area contributed by atoms with Gasteiger partial charge < -0.3 is 15.1 Å². The largest absolute Gasteiger partial charge is 0.356 e. The molecule has 0 spiro atoms. The lowest BCUT2D eigenvalue weighted by Crippen LogP contribution is -2.52. The summed E-state index contributed by atoms with van der Waals surface area (Å²) in [6.07, 6.45) is 1.90. The summed E-state index contributed by atoms with van der Waals surface area (Å²) in [6.45, 7) is 8.92. The van der Waals surface area contributed by atoms with E-state index in [0.717, 1.165) is 62.5 Å². The Morgan fingerprint density at radius 1 is 1.19 bits per heavy atom. The molecule has 0 radical (unpaired) electrons. The van der Waals surface area contributed by atoms with Crippen LogP contribution in [0, 0.1) is 6.92 Å². The Hall–Kier alpha value is -1.42. The van der Waals surface area contributed by atoms with E-state index >= 15 is 0 Å². The predicted molar refractivity (Wildman–Crippen MR) is 125 cm³/mol. The number of anilines is 1. The summed E-state index contributed by atoms with van der Waals surface area (Å²) in [5.74, 6) is 1.93. The minimum Gasteiger partial charge on any atom is -0.356 e. The number of hydrogen-bond acceptors (Lipinski definition) is 5. The number of hydrogen-bond donors (Lipinski definition) is 1. The van der Waals surface area contributed by atoms with Gasteiger partial charge in [0, 0.05) is 57.7 Å². The Kier molecular flexibility index (Phi) is 8.75. The van der Waals surface area contributed by atoms with Crippen LogP contribution < -0.4 is 10.2 Å². The van der Waals surface area contributed by atoms with Crippen LogP contribution in [0.2, 0.25) is 0 Å². The first-order valence-electron chi connectivity index (χ1n) is 9.28. The van der Waals surface area contributed by atoms with Gasteiger partial charge in [0.25, 0.3) is 0 Å². The molecule has 1 saturated heterocycles. The van der Waals surface area contributed by atoms with Crippen LogP contribution in [-0.2, 0) is 12.8 Å². The summed E-state index contributed by atoms with van der Waals surface area (Å²) in [5.41, 5.74) is 2.66. The molecule has 0 atom stereocenters. The third-order valence-electron chi connectivity index (χ3n) is 4.65. The van der Waals surface area contributed by atoms with Gasteiger partial charge in [0.15, 0.2) is 5.96 Å². The van der Waals surface area contributed by atoms with Crippen LogP contribution in [0.1, 0.15) is 23.9 Å². The number of nitrogens with zero attached hydrogens (tertiary/aromatic N) is 5. The molecule has 148 valence electrons. The second kappa shape index (κ2) is 10.8. The van der Waals surface area contributed by atoms with Crippen LogP contribution in [0.4, 0.5) is 5.13 Å². The van der Waals surface area contributed by atoms with Gasteiger partial charge in [-0.1, -0.05) is 36.8 Å². The highest BCUT2D eigenvalue weighted by Crippen LogP contribution is 2.19. The van der Waals surface area contributed by atoms with Crippen LogP contribution in [-0.4, -0.2) is 60.0 Å². The summed E-state index contributed by atoms with van der Waals surface area (Å²) in [6, 6.07) is 8.73. The van der Waals surface area contributed by atoms with Gasteiger partial charge in [-0.15, -0.1) is 24.0 Å². The molecule has 0 amide bonds. The summed E-state index contributed by atoms with van der Waals surface area (Å²) in [5, 5.41) is 4.55. The van der Waals surface area contributed by atoms with Gasteiger partial charge in [-0.2, -0.15) is 4.37 Å². The zero-order chi connectivity index (χ0) is 18.4. The average Bonchev–Trinajstić information content (AvgIpc) is 3.16. The van der Waals surface area contributed by atoms with Crippen molar-refractivity contribution < 1.29 is 0 Å². The molecule has 1 fully saturated rings. The fourth-order valence-electron chi connectivity index (χ4n) is 3.03. The zero-order valence-electron chi connectivity index (χ0n) is 16.3. The van der Waals surface area contributed by atoms with Crippen molar-refractivity contribution in [3.63, 3.8) is 0 Å². The molecule has 0 saturated carbocycles. The number of aryl methyl sites for hydroxylation is 2. The van der Waals surface area contributed by atoms with Crippen LogP contribution in [0.25, 0.3) is 0 Å². The zero-order valence-corrected chi connectivity index (χ0v) is 19.5. The van der Waals surface area contributed by atoms with Gasteiger partial charge in [0.2, 0.25) is 5.13 Å².